The highest BCUT2D eigenvalue weighted by atomic mass is 19.4. The van der Waals surface area contributed by atoms with Gasteiger partial charge in [-0.1, -0.05) is 0 Å². The van der Waals surface area contributed by atoms with Gasteiger partial charge in [-0.2, -0.15) is 13.2 Å². The lowest BCUT2D eigenvalue weighted by atomic mass is 10.3. The first kappa shape index (κ1) is 12.7. The van der Waals surface area contributed by atoms with E-state index in [9.17, 15) is 13.2 Å². The van der Waals surface area contributed by atoms with Crippen LogP contribution >= 0.6 is 0 Å². The first-order valence-corrected chi connectivity index (χ1v) is 3.98. The summed E-state index contributed by atoms with van der Waals surface area (Å²) in [6.07, 6.45) is -5.54. The fourth-order valence-electron chi connectivity index (χ4n) is 0.627. The van der Waals surface area contributed by atoms with Crippen molar-refractivity contribution in [3.05, 3.63) is 0 Å². The van der Waals surface area contributed by atoms with Crippen LogP contribution in [0.3, 0.4) is 0 Å². The van der Waals surface area contributed by atoms with Crippen LogP contribution in [0.5, 0.6) is 0 Å². The molecule has 6 heteroatoms. The Labute approximate surface area is 74.7 Å². The molecule has 0 aromatic heterocycles. The molecule has 3 nitrogen and oxygen atoms in total. The molecule has 80 valence electrons. The lowest BCUT2D eigenvalue weighted by molar-refractivity contribution is -0.145. The number of aliphatic hydroxyl groups excluding tert-OH is 1. The van der Waals surface area contributed by atoms with Crippen molar-refractivity contribution in [2.45, 2.75) is 25.1 Å². The van der Waals surface area contributed by atoms with Gasteiger partial charge in [0.1, 0.15) is 0 Å². The predicted molar refractivity (Wildman–Crippen MR) is 41.2 cm³/mol. The molecular formula is C7H14F3NO2. The zero-order valence-corrected chi connectivity index (χ0v) is 7.18. The van der Waals surface area contributed by atoms with Gasteiger partial charge in [0, 0.05) is 13.2 Å². The summed E-state index contributed by atoms with van der Waals surface area (Å²) in [4.78, 5) is 0. The monoisotopic (exact) mass is 201 g/mol. The van der Waals surface area contributed by atoms with Crippen LogP contribution in [-0.4, -0.2) is 37.1 Å². The fourth-order valence-corrected chi connectivity index (χ4v) is 0.627. The number of nitrogens with two attached hydrogens (primary N) is 1. The SMILES string of the molecule is NCC(O)CCOCCC(F)(F)F. The third-order valence-corrected chi connectivity index (χ3v) is 1.40. The number of halogens is 3. The molecule has 0 fully saturated rings. The second-order valence-electron chi connectivity index (χ2n) is 2.66. The highest BCUT2D eigenvalue weighted by Gasteiger charge is 2.26. The van der Waals surface area contributed by atoms with Crippen molar-refractivity contribution in [1.29, 1.82) is 0 Å². The van der Waals surface area contributed by atoms with E-state index >= 15 is 0 Å². The average molecular weight is 201 g/mol. The predicted octanol–water partition coefficient (Wildman–Crippen LogP) is 0.665. The summed E-state index contributed by atoms with van der Waals surface area (Å²) >= 11 is 0. The number of hydrogen-bond donors (Lipinski definition) is 2. The van der Waals surface area contributed by atoms with Gasteiger partial charge in [0.25, 0.3) is 0 Å². The smallest absolute Gasteiger partial charge is 0.391 e. The molecule has 0 aliphatic carbocycles. The molecule has 0 aromatic rings. The number of rotatable bonds is 6. The minimum atomic E-state index is -4.17. The van der Waals surface area contributed by atoms with E-state index in [1.54, 1.807) is 0 Å². The summed E-state index contributed by atoms with van der Waals surface area (Å²) < 4.78 is 39.3. The molecule has 0 spiro atoms. The van der Waals surface area contributed by atoms with E-state index in [0.717, 1.165) is 0 Å². The Bertz CT molecular complexity index is 129. The van der Waals surface area contributed by atoms with Crippen molar-refractivity contribution in [2.24, 2.45) is 5.73 Å². The number of ether oxygens (including phenoxy) is 1. The van der Waals surface area contributed by atoms with E-state index < -0.39 is 18.7 Å². The van der Waals surface area contributed by atoms with Gasteiger partial charge in [-0.05, 0) is 6.42 Å². The Kier molecular flexibility index (Phi) is 6.02. The second kappa shape index (κ2) is 6.17. The molecule has 3 N–H and O–H groups in total. The van der Waals surface area contributed by atoms with Gasteiger partial charge in [0.2, 0.25) is 0 Å². The molecule has 0 rings (SSSR count). The Morgan fingerprint density at radius 3 is 2.38 bits per heavy atom. The van der Waals surface area contributed by atoms with Gasteiger partial charge in [-0.25, -0.2) is 0 Å². The Morgan fingerprint density at radius 2 is 1.92 bits per heavy atom. The topological polar surface area (TPSA) is 55.5 Å². The van der Waals surface area contributed by atoms with E-state index in [4.69, 9.17) is 10.8 Å². The normalized spacial score (nSPS) is 14.5. The number of alkyl halides is 3. The summed E-state index contributed by atoms with van der Waals surface area (Å²) in [5, 5.41) is 8.89. The van der Waals surface area contributed by atoms with Crippen LogP contribution < -0.4 is 5.73 Å². The van der Waals surface area contributed by atoms with E-state index in [1.165, 1.54) is 0 Å². The zero-order valence-electron chi connectivity index (χ0n) is 7.18. The van der Waals surface area contributed by atoms with Gasteiger partial charge >= 0.3 is 6.18 Å². The van der Waals surface area contributed by atoms with E-state index in [0.29, 0.717) is 0 Å². The maximum atomic E-state index is 11.6. The molecule has 1 unspecified atom stereocenters. The standard InChI is InChI=1S/C7H14F3NO2/c8-7(9,10)2-4-13-3-1-6(12)5-11/h6,12H,1-5,11H2. The largest absolute Gasteiger partial charge is 0.392 e. The zero-order chi connectivity index (χ0) is 10.3. The third kappa shape index (κ3) is 9.59. The van der Waals surface area contributed by atoms with Crippen LogP contribution in [0.15, 0.2) is 0 Å². The summed E-state index contributed by atoms with van der Waals surface area (Å²) in [6.45, 7) is -0.155. The molecule has 0 aromatic carbocycles. The van der Waals surface area contributed by atoms with Crippen LogP contribution in [0.4, 0.5) is 13.2 Å². The number of aliphatic hydroxyl groups is 1. The van der Waals surface area contributed by atoms with Crippen LogP contribution in [0, 0.1) is 0 Å². The van der Waals surface area contributed by atoms with Crippen molar-refractivity contribution < 1.29 is 23.0 Å². The fraction of sp³-hybridized carbons (Fsp3) is 1.00. The maximum absolute atomic E-state index is 11.6. The Balaban J connectivity index is 3.18. The summed E-state index contributed by atoms with van der Waals surface area (Å²) in [6, 6.07) is 0. The molecule has 0 saturated heterocycles. The minimum Gasteiger partial charge on any atom is -0.392 e. The maximum Gasteiger partial charge on any atom is 0.391 e. The van der Waals surface area contributed by atoms with Gasteiger partial charge in [-0.15, -0.1) is 0 Å². The number of hydrogen-bond acceptors (Lipinski definition) is 3. The summed E-state index contributed by atoms with van der Waals surface area (Å²) in [7, 11) is 0. The third-order valence-electron chi connectivity index (χ3n) is 1.40. The van der Waals surface area contributed by atoms with Crippen molar-refractivity contribution in [3.8, 4) is 0 Å². The second-order valence-corrected chi connectivity index (χ2v) is 2.66. The van der Waals surface area contributed by atoms with E-state index in [2.05, 4.69) is 4.74 Å². The van der Waals surface area contributed by atoms with Crippen molar-refractivity contribution in [3.63, 3.8) is 0 Å². The highest BCUT2D eigenvalue weighted by Crippen LogP contribution is 2.18. The molecule has 0 aliphatic rings. The Hall–Kier alpha value is -0.330. The van der Waals surface area contributed by atoms with Crippen molar-refractivity contribution in [1.82, 2.24) is 0 Å². The first-order chi connectivity index (χ1) is 5.95. The van der Waals surface area contributed by atoms with Gasteiger partial charge in [0.15, 0.2) is 0 Å². The van der Waals surface area contributed by atoms with Crippen LogP contribution in [0.1, 0.15) is 12.8 Å². The molecule has 0 aliphatic heterocycles. The summed E-state index contributed by atoms with van der Waals surface area (Å²) in [5.74, 6) is 0. The van der Waals surface area contributed by atoms with Crippen LogP contribution in [0.2, 0.25) is 0 Å². The molecule has 0 bridgehead atoms. The van der Waals surface area contributed by atoms with Crippen molar-refractivity contribution in [2.75, 3.05) is 19.8 Å². The van der Waals surface area contributed by atoms with Gasteiger partial charge in [0.05, 0.1) is 19.1 Å². The highest BCUT2D eigenvalue weighted by molar-refractivity contribution is 4.54. The Morgan fingerprint density at radius 1 is 1.31 bits per heavy atom. The van der Waals surface area contributed by atoms with Crippen molar-refractivity contribution >= 4 is 0 Å². The lowest BCUT2D eigenvalue weighted by Gasteiger charge is -2.09. The van der Waals surface area contributed by atoms with Crippen LogP contribution in [0.25, 0.3) is 0 Å². The van der Waals surface area contributed by atoms with Gasteiger partial charge in [-0.3, -0.25) is 0 Å². The molecule has 0 radical (unpaired) electrons. The quantitative estimate of drug-likeness (QED) is 0.621. The molecule has 0 heterocycles. The molecule has 0 amide bonds. The average Bonchev–Trinajstić information content (AvgIpc) is 2.01. The first-order valence-electron chi connectivity index (χ1n) is 3.98. The molecule has 0 saturated carbocycles. The lowest BCUT2D eigenvalue weighted by Crippen LogP contribution is -2.21. The van der Waals surface area contributed by atoms with Crippen LogP contribution in [-0.2, 0) is 4.74 Å². The molecule has 1 atom stereocenters. The molecule has 13 heavy (non-hydrogen) atoms. The summed E-state index contributed by atoms with van der Waals surface area (Å²) in [5.41, 5.74) is 5.07. The van der Waals surface area contributed by atoms with E-state index in [1.807, 2.05) is 0 Å². The molecular weight excluding hydrogens is 187 g/mol. The van der Waals surface area contributed by atoms with E-state index in [-0.39, 0.29) is 26.2 Å². The minimum absolute atomic E-state index is 0.0998. The van der Waals surface area contributed by atoms with Gasteiger partial charge < -0.3 is 15.6 Å².